The molecular formula is C27H44N9O5P. The molecule has 4 rings (SSSR count). The highest BCUT2D eigenvalue weighted by Crippen LogP contribution is 2.50. The molecule has 15 heteroatoms. The molecule has 232 valence electrons. The minimum absolute atomic E-state index is 0.158. The van der Waals surface area contributed by atoms with Crippen molar-refractivity contribution >= 4 is 31.8 Å². The third kappa shape index (κ3) is 7.78. The van der Waals surface area contributed by atoms with Crippen LogP contribution in [0.15, 0.2) is 17.6 Å². The lowest BCUT2D eigenvalue weighted by Crippen LogP contribution is -2.46. The van der Waals surface area contributed by atoms with Gasteiger partial charge in [0.1, 0.15) is 24.6 Å². The van der Waals surface area contributed by atoms with Crippen molar-refractivity contribution in [2.24, 2.45) is 4.99 Å². The predicted octanol–water partition coefficient (Wildman–Crippen LogP) is 2.95. The molecule has 2 aromatic heterocycles. The molecule has 2 fully saturated rings. The number of aromatic nitrogens is 4. The molecule has 2 aliphatic rings. The van der Waals surface area contributed by atoms with E-state index >= 15 is 0 Å². The molecule has 0 spiro atoms. The quantitative estimate of drug-likeness (QED) is 0.136. The molecule has 0 saturated carbocycles. The summed E-state index contributed by atoms with van der Waals surface area (Å²) in [5.41, 5.74) is 1.16. The van der Waals surface area contributed by atoms with Crippen molar-refractivity contribution in [1.29, 1.82) is 5.26 Å². The zero-order valence-electron chi connectivity index (χ0n) is 25.7. The van der Waals surface area contributed by atoms with Gasteiger partial charge >= 0.3 is 0 Å². The third-order valence-corrected chi connectivity index (χ3v) is 9.13. The lowest BCUT2D eigenvalue weighted by molar-refractivity contribution is -0.0603. The number of hydrogen-bond acceptors (Lipinski definition) is 12. The molecule has 0 radical (unpaired) electrons. The van der Waals surface area contributed by atoms with E-state index in [1.54, 1.807) is 19.8 Å². The molecule has 0 amide bonds. The van der Waals surface area contributed by atoms with Crippen LogP contribution in [0.4, 0.5) is 5.82 Å². The summed E-state index contributed by atoms with van der Waals surface area (Å²) in [6, 6.07) is 2.48. The summed E-state index contributed by atoms with van der Waals surface area (Å²) < 4.78 is 35.7. The molecular weight excluding hydrogens is 561 g/mol. The number of morpholine rings is 1. The lowest BCUT2D eigenvalue weighted by Gasteiger charge is -2.38. The zero-order valence-corrected chi connectivity index (χ0v) is 26.6. The fourth-order valence-corrected chi connectivity index (χ4v) is 6.95. The molecule has 3 unspecified atom stereocenters. The first-order chi connectivity index (χ1) is 20.2. The minimum Gasteiger partial charge on any atom is -0.379 e. The van der Waals surface area contributed by atoms with E-state index < -0.39 is 27.0 Å². The Labute approximate surface area is 249 Å². The highest BCUT2D eigenvalue weighted by Gasteiger charge is 2.50. The number of nitriles is 1. The van der Waals surface area contributed by atoms with Gasteiger partial charge in [0.05, 0.1) is 45.0 Å². The molecule has 2 aliphatic heterocycles. The molecule has 4 heterocycles. The smallest absolute Gasteiger partial charge is 0.259 e. The van der Waals surface area contributed by atoms with Crippen LogP contribution in [0.5, 0.6) is 0 Å². The molecule has 2 aromatic rings. The molecule has 0 aliphatic carbocycles. The standard InChI is InChI=1S/C27H44N9O5P/c1-19(2)36(20(3)4)42(39-12-8-9-28)41-23-21(15-34-10-13-38-14-11-34)40-27(24(23)37-7)35-18-31-22-25(32-17-33(5)6)29-16-30-26(22)35/h16-21,23-24,27H,8,10-15H2,1-7H3/t21-,23?,24?,27-,42?/m1/s1. The van der Waals surface area contributed by atoms with Crippen LogP contribution in [0, 0.1) is 11.3 Å². The van der Waals surface area contributed by atoms with Gasteiger partial charge in [-0.3, -0.25) is 9.47 Å². The minimum atomic E-state index is -1.53. The molecule has 0 N–H and O–H groups in total. The van der Waals surface area contributed by atoms with Crippen molar-refractivity contribution < 1.29 is 23.3 Å². The summed E-state index contributed by atoms with van der Waals surface area (Å²) in [5, 5.41) is 9.17. The first kappa shape index (κ1) is 32.6. The van der Waals surface area contributed by atoms with Crippen LogP contribution in [-0.4, -0.2) is 131 Å². The molecule has 0 bridgehead atoms. The summed E-state index contributed by atoms with van der Waals surface area (Å²) in [7, 11) is 3.92. The molecule has 42 heavy (non-hydrogen) atoms. The second-order valence-electron chi connectivity index (χ2n) is 11.0. The van der Waals surface area contributed by atoms with Gasteiger partial charge in [0.15, 0.2) is 23.2 Å². The summed E-state index contributed by atoms with van der Waals surface area (Å²) in [4.78, 5) is 22.1. The van der Waals surface area contributed by atoms with Crippen molar-refractivity contribution in [1.82, 2.24) is 34.0 Å². The molecule has 2 saturated heterocycles. The second-order valence-corrected chi connectivity index (χ2v) is 12.4. The summed E-state index contributed by atoms with van der Waals surface area (Å²) in [6.07, 6.45) is 3.25. The average Bonchev–Trinajstić information content (AvgIpc) is 3.53. The molecule has 0 aromatic carbocycles. The van der Waals surface area contributed by atoms with E-state index in [9.17, 15) is 0 Å². The van der Waals surface area contributed by atoms with Gasteiger partial charge in [-0.15, -0.1) is 0 Å². The van der Waals surface area contributed by atoms with Crippen LogP contribution in [-0.2, 0) is 23.3 Å². The number of nitrogens with zero attached hydrogens (tertiary/aromatic N) is 9. The van der Waals surface area contributed by atoms with Crippen molar-refractivity contribution in [3.63, 3.8) is 0 Å². The van der Waals surface area contributed by atoms with E-state index in [1.807, 2.05) is 23.6 Å². The number of ether oxygens (including phenoxy) is 3. The molecule has 5 atom stereocenters. The van der Waals surface area contributed by atoms with Gasteiger partial charge in [0, 0.05) is 52.9 Å². The number of methoxy groups -OCH3 is 1. The molecule has 14 nitrogen and oxygen atoms in total. The van der Waals surface area contributed by atoms with Gasteiger partial charge in [-0.1, -0.05) is 0 Å². The Bertz CT molecular complexity index is 1190. The van der Waals surface area contributed by atoms with Crippen molar-refractivity contribution in [3.05, 3.63) is 12.7 Å². The number of rotatable bonds is 14. The van der Waals surface area contributed by atoms with Crippen LogP contribution in [0.2, 0.25) is 0 Å². The monoisotopic (exact) mass is 605 g/mol. The number of imidazole rings is 1. The fourth-order valence-electron chi connectivity index (χ4n) is 5.18. The van der Waals surface area contributed by atoms with Gasteiger partial charge in [0.25, 0.3) is 8.53 Å². The van der Waals surface area contributed by atoms with Gasteiger partial charge < -0.3 is 28.2 Å². The van der Waals surface area contributed by atoms with Crippen molar-refractivity contribution in [3.8, 4) is 6.07 Å². The average molecular weight is 606 g/mol. The highest BCUT2D eigenvalue weighted by atomic mass is 31.2. The van der Waals surface area contributed by atoms with E-state index in [-0.39, 0.29) is 31.2 Å². The van der Waals surface area contributed by atoms with E-state index in [2.05, 4.69) is 63.3 Å². The maximum atomic E-state index is 9.17. The summed E-state index contributed by atoms with van der Waals surface area (Å²) in [6.45, 7) is 12.3. The Morgan fingerprint density at radius 2 is 1.90 bits per heavy atom. The Balaban J connectivity index is 1.69. The predicted molar refractivity (Wildman–Crippen MR) is 159 cm³/mol. The van der Waals surface area contributed by atoms with Crippen LogP contribution in [0.3, 0.4) is 0 Å². The van der Waals surface area contributed by atoms with E-state index in [0.717, 1.165) is 13.1 Å². The van der Waals surface area contributed by atoms with Crippen LogP contribution < -0.4 is 0 Å². The Morgan fingerprint density at radius 1 is 1.17 bits per heavy atom. The van der Waals surface area contributed by atoms with Gasteiger partial charge in [-0.2, -0.15) is 5.26 Å². The van der Waals surface area contributed by atoms with E-state index in [0.29, 0.717) is 36.7 Å². The largest absolute Gasteiger partial charge is 0.379 e. The fraction of sp³-hybridized carbons (Fsp3) is 0.741. The highest BCUT2D eigenvalue weighted by molar-refractivity contribution is 7.44. The van der Waals surface area contributed by atoms with E-state index in [1.165, 1.54) is 6.33 Å². The van der Waals surface area contributed by atoms with E-state index in [4.69, 9.17) is 28.5 Å². The third-order valence-electron chi connectivity index (χ3n) is 7.00. The lowest BCUT2D eigenvalue weighted by atomic mass is 10.1. The van der Waals surface area contributed by atoms with Gasteiger partial charge in [0.2, 0.25) is 0 Å². The first-order valence-electron chi connectivity index (χ1n) is 14.4. The maximum Gasteiger partial charge on any atom is 0.259 e. The zero-order chi connectivity index (χ0) is 30.2. The van der Waals surface area contributed by atoms with Crippen molar-refractivity contribution in [2.75, 3.05) is 60.7 Å². The number of fused-ring (bicyclic) bond motifs is 1. The Morgan fingerprint density at radius 3 is 2.55 bits per heavy atom. The summed E-state index contributed by atoms with van der Waals surface area (Å²) in [5.74, 6) is 0.469. The maximum absolute atomic E-state index is 9.17. The SMILES string of the molecule is COC1C(OP(OCCC#N)N(C(C)C)C(C)C)[C@@H](CN2CCOCC2)O[C@H]1n1cnc2c(N=CN(C)C)ncnc21. The van der Waals surface area contributed by atoms with Crippen molar-refractivity contribution in [2.45, 2.75) is 70.7 Å². The second kappa shape index (κ2) is 15.4. The number of aliphatic imine (C=N–C) groups is 1. The van der Waals surface area contributed by atoms with Crippen LogP contribution >= 0.6 is 8.53 Å². The van der Waals surface area contributed by atoms with Gasteiger partial charge in [-0.25, -0.2) is 24.6 Å². The Hall–Kier alpha value is -2.34. The normalized spacial score (nSPS) is 24.4. The van der Waals surface area contributed by atoms with Crippen LogP contribution in [0.1, 0.15) is 40.3 Å². The number of hydrogen-bond donors (Lipinski definition) is 0. The van der Waals surface area contributed by atoms with Gasteiger partial charge in [-0.05, 0) is 27.7 Å². The summed E-state index contributed by atoms with van der Waals surface area (Å²) >= 11 is 0. The van der Waals surface area contributed by atoms with Crippen LogP contribution in [0.25, 0.3) is 11.2 Å². The topological polar surface area (TPSA) is 136 Å². The first-order valence-corrected chi connectivity index (χ1v) is 15.5. The Kier molecular flexibility index (Phi) is 11.9.